The van der Waals surface area contributed by atoms with E-state index in [9.17, 15) is 9.59 Å². The van der Waals surface area contributed by atoms with E-state index in [0.717, 1.165) is 16.1 Å². The highest BCUT2D eigenvalue weighted by Crippen LogP contribution is 2.33. The highest BCUT2D eigenvalue weighted by molar-refractivity contribution is 7.18. The number of benzene rings is 1. The normalized spacial score (nSPS) is 12.1. The van der Waals surface area contributed by atoms with Crippen molar-refractivity contribution in [2.45, 2.75) is 19.5 Å². The van der Waals surface area contributed by atoms with Crippen molar-refractivity contribution in [1.29, 1.82) is 0 Å². The van der Waals surface area contributed by atoms with Crippen LogP contribution in [0.1, 0.15) is 6.92 Å². The third-order valence-corrected chi connectivity index (χ3v) is 6.60. The molecule has 0 saturated carbocycles. The Balaban J connectivity index is 1.46. The fourth-order valence-corrected chi connectivity index (χ4v) is 5.13. The molecule has 1 aromatic carbocycles. The van der Waals surface area contributed by atoms with Crippen LogP contribution < -0.4 is 15.8 Å². The zero-order chi connectivity index (χ0) is 21.1. The number of amides is 1. The van der Waals surface area contributed by atoms with Crippen LogP contribution in [0.15, 0.2) is 64.3 Å². The number of carbonyl (C=O) groups is 1. The zero-order valence-corrected chi connectivity index (χ0v) is 18.4. The average Bonchev–Trinajstić information content (AvgIpc) is 3.40. The van der Waals surface area contributed by atoms with Gasteiger partial charge in [-0.1, -0.05) is 24.3 Å². The number of anilines is 1. The predicted molar refractivity (Wildman–Crippen MR) is 125 cm³/mol. The first-order chi connectivity index (χ1) is 14.5. The van der Waals surface area contributed by atoms with Crippen LogP contribution in [0.3, 0.4) is 0 Å². The second-order valence-electron chi connectivity index (χ2n) is 7.17. The predicted octanol–water partition coefficient (Wildman–Crippen LogP) is 3.83. The minimum absolute atomic E-state index is 0.0547. The quantitative estimate of drug-likeness (QED) is 0.476. The van der Waals surface area contributed by atoms with Crippen LogP contribution >= 0.6 is 22.7 Å². The lowest BCUT2D eigenvalue weighted by atomic mass is 10.2. The van der Waals surface area contributed by atoms with Gasteiger partial charge in [0.15, 0.2) is 0 Å². The van der Waals surface area contributed by atoms with Crippen LogP contribution in [0, 0.1) is 0 Å². The van der Waals surface area contributed by atoms with Crippen LogP contribution in [0.2, 0.25) is 0 Å². The lowest BCUT2D eigenvalue weighted by Crippen LogP contribution is -2.43. The number of para-hydroxylation sites is 1. The van der Waals surface area contributed by atoms with Crippen molar-refractivity contribution >= 4 is 44.5 Å². The number of nitrogens with one attached hydrogen (secondary N) is 1. The molecule has 0 radical (unpaired) electrons. The highest BCUT2D eigenvalue weighted by atomic mass is 32.1. The van der Waals surface area contributed by atoms with E-state index in [1.807, 2.05) is 67.2 Å². The van der Waals surface area contributed by atoms with E-state index in [4.69, 9.17) is 0 Å². The third-order valence-electron chi connectivity index (χ3n) is 4.81. The number of nitrogens with zero attached hydrogens (tertiary/aromatic N) is 3. The van der Waals surface area contributed by atoms with Crippen molar-refractivity contribution in [1.82, 2.24) is 14.9 Å². The third kappa shape index (κ3) is 4.29. The minimum Gasteiger partial charge on any atom is -0.373 e. The summed E-state index contributed by atoms with van der Waals surface area (Å²) in [5.41, 5.74) is 1.78. The molecule has 6 nitrogen and oxygen atoms in total. The molecular formula is C22H22N4O2S2. The maximum Gasteiger partial charge on any atom is 0.263 e. The second-order valence-corrected chi connectivity index (χ2v) is 8.97. The maximum absolute atomic E-state index is 13.0. The number of hydrogen-bond acceptors (Lipinski definition) is 6. The van der Waals surface area contributed by atoms with Gasteiger partial charge in [0.1, 0.15) is 11.4 Å². The highest BCUT2D eigenvalue weighted by Gasteiger charge is 2.16. The van der Waals surface area contributed by atoms with Gasteiger partial charge in [-0.2, -0.15) is 0 Å². The van der Waals surface area contributed by atoms with E-state index in [2.05, 4.69) is 15.2 Å². The Kier molecular flexibility index (Phi) is 5.96. The molecule has 1 N–H and O–H groups in total. The Bertz CT molecular complexity index is 1200. The van der Waals surface area contributed by atoms with E-state index < -0.39 is 0 Å². The van der Waals surface area contributed by atoms with Crippen LogP contribution in [-0.4, -0.2) is 35.1 Å². The summed E-state index contributed by atoms with van der Waals surface area (Å²) in [6.07, 6.45) is 1.46. The molecule has 0 bridgehead atoms. The molecule has 4 aromatic rings. The molecule has 0 spiro atoms. The van der Waals surface area contributed by atoms with Crippen LogP contribution in [0.4, 0.5) is 5.69 Å². The summed E-state index contributed by atoms with van der Waals surface area (Å²) in [5.74, 6) is -0.208. The lowest BCUT2D eigenvalue weighted by Gasteiger charge is -2.24. The molecule has 0 fully saturated rings. The Morgan fingerprint density at radius 2 is 2.00 bits per heavy atom. The summed E-state index contributed by atoms with van der Waals surface area (Å²) in [6.45, 7) is 2.56. The van der Waals surface area contributed by atoms with Crippen LogP contribution in [0.5, 0.6) is 0 Å². The molecule has 0 saturated heterocycles. The maximum atomic E-state index is 13.0. The van der Waals surface area contributed by atoms with Crippen LogP contribution in [-0.2, 0) is 11.3 Å². The molecule has 1 atom stereocenters. The molecule has 8 heteroatoms. The van der Waals surface area contributed by atoms with Crippen molar-refractivity contribution in [2.75, 3.05) is 18.5 Å². The molecule has 1 amide bonds. The Hall–Kier alpha value is -2.97. The van der Waals surface area contributed by atoms with Gasteiger partial charge in [-0.3, -0.25) is 14.2 Å². The number of rotatable bonds is 7. The lowest BCUT2D eigenvalue weighted by molar-refractivity contribution is -0.122. The topological polar surface area (TPSA) is 67.2 Å². The molecule has 3 aromatic heterocycles. The Morgan fingerprint density at radius 3 is 2.73 bits per heavy atom. The van der Waals surface area contributed by atoms with Crippen molar-refractivity contribution < 1.29 is 4.79 Å². The fourth-order valence-electron chi connectivity index (χ4n) is 3.41. The van der Waals surface area contributed by atoms with Crippen LogP contribution in [0.25, 0.3) is 20.7 Å². The van der Waals surface area contributed by atoms with Crippen molar-refractivity contribution in [3.8, 4) is 10.4 Å². The SMILES string of the molecule is CC(CN(C)c1ccccc1)NC(=O)Cn1cnc2scc(-c3cccs3)c2c1=O. The van der Waals surface area contributed by atoms with E-state index in [0.29, 0.717) is 16.8 Å². The summed E-state index contributed by atoms with van der Waals surface area (Å²) in [5, 5.41) is 7.49. The smallest absolute Gasteiger partial charge is 0.263 e. The summed E-state index contributed by atoms with van der Waals surface area (Å²) in [7, 11) is 1.99. The number of likely N-dealkylation sites (N-methyl/N-ethyl adjacent to an activating group) is 1. The first kappa shape index (κ1) is 20.3. The minimum atomic E-state index is -0.208. The molecule has 1 unspecified atom stereocenters. The summed E-state index contributed by atoms with van der Waals surface area (Å²) < 4.78 is 1.38. The van der Waals surface area contributed by atoms with E-state index >= 15 is 0 Å². The Morgan fingerprint density at radius 1 is 1.20 bits per heavy atom. The van der Waals surface area contributed by atoms with Gasteiger partial charge in [-0.05, 0) is 30.5 Å². The first-order valence-corrected chi connectivity index (χ1v) is 11.3. The van der Waals surface area contributed by atoms with E-state index in [1.165, 1.54) is 22.2 Å². The van der Waals surface area contributed by atoms with Crippen molar-refractivity contribution in [2.24, 2.45) is 0 Å². The second kappa shape index (κ2) is 8.81. The number of thiophene rings is 2. The summed E-state index contributed by atoms with van der Waals surface area (Å²) >= 11 is 3.03. The molecule has 0 aliphatic rings. The molecule has 0 aliphatic heterocycles. The van der Waals surface area contributed by atoms with Crippen molar-refractivity contribution in [3.05, 3.63) is 69.9 Å². The first-order valence-electron chi connectivity index (χ1n) is 9.59. The van der Waals surface area contributed by atoms with Gasteiger partial charge >= 0.3 is 0 Å². The molecule has 154 valence electrons. The molecule has 3 heterocycles. The zero-order valence-electron chi connectivity index (χ0n) is 16.7. The van der Waals surface area contributed by atoms with E-state index in [1.54, 1.807) is 11.3 Å². The van der Waals surface area contributed by atoms with Gasteiger partial charge in [0.05, 0.1) is 11.7 Å². The molecule has 30 heavy (non-hydrogen) atoms. The van der Waals surface area contributed by atoms with Gasteiger partial charge in [0, 0.05) is 41.1 Å². The van der Waals surface area contributed by atoms with Gasteiger partial charge in [0.2, 0.25) is 5.91 Å². The number of carbonyl (C=O) groups excluding carboxylic acids is 1. The van der Waals surface area contributed by atoms with Gasteiger partial charge in [0.25, 0.3) is 5.56 Å². The number of hydrogen-bond donors (Lipinski definition) is 1. The number of aromatic nitrogens is 2. The van der Waals surface area contributed by atoms with Gasteiger partial charge < -0.3 is 10.2 Å². The molecule has 4 rings (SSSR count). The van der Waals surface area contributed by atoms with Gasteiger partial charge in [-0.25, -0.2) is 4.98 Å². The number of fused-ring (bicyclic) bond motifs is 1. The van der Waals surface area contributed by atoms with Gasteiger partial charge in [-0.15, -0.1) is 22.7 Å². The molecular weight excluding hydrogens is 416 g/mol. The van der Waals surface area contributed by atoms with Crippen molar-refractivity contribution in [3.63, 3.8) is 0 Å². The molecule has 0 aliphatic carbocycles. The fraction of sp³-hybridized carbons (Fsp3) is 0.227. The van der Waals surface area contributed by atoms with E-state index in [-0.39, 0.29) is 24.1 Å². The summed E-state index contributed by atoms with van der Waals surface area (Å²) in [6, 6.07) is 13.9. The Labute approximate surface area is 182 Å². The average molecular weight is 439 g/mol. The monoisotopic (exact) mass is 438 g/mol. The standard InChI is InChI=1S/C22H22N4O2S2/c1-15(11-25(2)16-7-4-3-5-8-16)24-19(27)12-26-14-23-21-20(22(26)28)17(13-30-21)18-9-6-10-29-18/h3-10,13-15H,11-12H2,1-2H3,(H,24,27). The largest absolute Gasteiger partial charge is 0.373 e. The summed E-state index contributed by atoms with van der Waals surface area (Å²) in [4.78, 5) is 33.8.